The van der Waals surface area contributed by atoms with Gasteiger partial charge < -0.3 is 20.2 Å². The molecule has 0 bridgehead atoms. The van der Waals surface area contributed by atoms with E-state index in [1.807, 2.05) is 62.9 Å². The summed E-state index contributed by atoms with van der Waals surface area (Å²) in [5.41, 5.74) is 11.9. The number of imidazole rings is 1. The molecule has 2 aromatic carbocycles. The molecule has 1 saturated heterocycles. The van der Waals surface area contributed by atoms with Crippen LogP contribution in [-0.2, 0) is 7.05 Å². The number of hydrogen-bond donors (Lipinski definition) is 2. The zero-order chi connectivity index (χ0) is 36.2. The van der Waals surface area contributed by atoms with Gasteiger partial charge in [0.2, 0.25) is 0 Å². The number of aromatic nitrogens is 3. The highest BCUT2D eigenvalue weighted by molar-refractivity contribution is 5.89. The summed E-state index contributed by atoms with van der Waals surface area (Å²) in [6.07, 6.45) is 11.2. The monoisotopic (exact) mass is 668 g/mol. The molecule has 2 atom stereocenters. The van der Waals surface area contributed by atoms with Crippen LogP contribution in [0.1, 0.15) is 97.4 Å². The second-order valence-electron chi connectivity index (χ2n) is 12.4. The van der Waals surface area contributed by atoms with Gasteiger partial charge in [0.15, 0.2) is 0 Å². The van der Waals surface area contributed by atoms with Crippen LogP contribution in [0, 0.1) is 23.7 Å². The first kappa shape index (κ1) is 37.6. The Hall–Kier alpha value is -5.26. The number of pyridine rings is 1. The summed E-state index contributed by atoms with van der Waals surface area (Å²) in [7, 11) is 2.05. The molecule has 4 aromatic rings. The fourth-order valence-corrected chi connectivity index (χ4v) is 6.64. The second kappa shape index (κ2) is 17.9. The lowest BCUT2D eigenvalue weighted by molar-refractivity contribution is 0.143. The third-order valence-electron chi connectivity index (χ3n) is 9.02. The fourth-order valence-electron chi connectivity index (χ4n) is 6.64. The van der Waals surface area contributed by atoms with Gasteiger partial charge in [0.05, 0.1) is 47.6 Å². The lowest BCUT2D eigenvalue weighted by atomic mass is 9.88. The van der Waals surface area contributed by atoms with Crippen molar-refractivity contribution < 1.29 is 0 Å². The number of nitriles is 1. The number of benzene rings is 2. The Morgan fingerprint density at radius 3 is 2.42 bits per heavy atom. The lowest BCUT2D eigenvalue weighted by Crippen LogP contribution is -2.47. The van der Waals surface area contributed by atoms with Crippen LogP contribution in [0.5, 0.6) is 0 Å². The summed E-state index contributed by atoms with van der Waals surface area (Å²) >= 11 is 0. The highest BCUT2D eigenvalue weighted by atomic mass is 15.3. The number of nitrogens with zero attached hydrogens (tertiary/aromatic N) is 6. The van der Waals surface area contributed by atoms with Gasteiger partial charge in [-0.15, -0.1) is 0 Å². The van der Waals surface area contributed by atoms with Crippen LogP contribution in [0.3, 0.4) is 0 Å². The molecule has 2 N–H and O–H groups in total. The molecular formula is C42H52N8. The Balaban J connectivity index is 0.00000107. The van der Waals surface area contributed by atoms with Gasteiger partial charge in [-0.1, -0.05) is 82.3 Å². The summed E-state index contributed by atoms with van der Waals surface area (Å²) < 4.78 is 2.10. The molecule has 50 heavy (non-hydrogen) atoms. The van der Waals surface area contributed by atoms with Gasteiger partial charge >= 0.3 is 0 Å². The predicted octanol–water partition coefficient (Wildman–Crippen LogP) is 8.55. The van der Waals surface area contributed by atoms with Crippen molar-refractivity contribution in [3.63, 3.8) is 0 Å². The Morgan fingerprint density at radius 1 is 1.10 bits per heavy atom. The molecule has 0 spiro atoms. The first-order valence-corrected chi connectivity index (χ1v) is 17.6. The average Bonchev–Trinajstić information content (AvgIpc) is 3.51. The maximum Gasteiger partial charge on any atom is 0.0991 e. The number of allylic oxidation sites excluding steroid dienone is 1. The fraction of sp³-hybridized carbons (Fsp3) is 0.333. The van der Waals surface area contributed by atoms with E-state index < -0.39 is 0 Å². The lowest BCUT2D eigenvalue weighted by Gasteiger charge is -2.41. The van der Waals surface area contributed by atoms with Crippen molar-refractivity contribution in [1.29, 1.82) is 10.7 Å². The Labute approximate surface area is 299 Å². The van der Waals surface area contributed by atoms with Crippen LogP contribution in [0.2, 0.25) is 0 Å². The largest absolute Gasteiger partial charge is 0.377 e. The minimum atomic E-state index is -0.128. The van der Waals surface area contributed by atoms with Crippen molar-refractivity contribution in [2.24, 2.45) is 7.05 Å². The molecule has 0 saturated carbocycles. The minimum absolute atomic E-state index is 0.00177. The quantitative estimate of drug-likeness (QED) is 0.174. The zero-order valence-electron chi connectivity index (χ0n) is 30.6. The van der Waals surface area contributed by atoms with Gasteiger partial charge in [-0.05, 0) is 78.6 Å². The summed E-state index contributed by atoms with van der Waals surface area (Å²) in [5.74, 6) is 0. The first-order valence-electron chi connectivity index (χ1n) is 17.6. The molecule has 0 amide bonds. The molecule has 2 unspecified atom stereocenters. The van der Waals surface area contributed by atoms with Gasteiger partial charge in [0.1, 0.15) is 0 Å². The van der Waals surface area contributed by atoms with Crippen LogP contribution in [0.4, 0.5) is 0 Å². The molecule has 260 valence electrons. The molecule has 2 aliphatic rings. The zero-order valence-corrected chi connectivity index (χ0v) is 30.6. The van der Waals surface area contributed by atoms with E-state index in [4.69, 9.17) is 10.4 Å². The summed E-state index contributed by atoms with van der Waals surface area (Å²) in [4.78, 5) is 14.5. The van der Waals surface area contributed by atoms with Crippen LogP contribution < -0.4 is 5.32 Å². The average molecular weight is 669 g/mol. The van der Waals surface area contributed by atoms with E-state index in [1.165, 1.54) is 28.5 Å². The number of rotatable bonds is 9. The third-order valence-corrected chi connectivity index (χ3v) is 9.02. The summed E-state index contributed by atoms with van der Waals surface area (Å²) in [6.45, 7) is 22.3. The van der Waals surface area contributed by atoms with E-state index in [-0.39, 0.29) is 12.1 Å². The SMILES string of the molecule is C=C(CCC)NC(C1=Cc2cccnc2C(N2CCN(C(=C)c3ccc(C#N)cc3)CC2)c2ccc(C)cc21)c1cncn1C.CC.CC=N. The minimum Gasteiger partial charge on any atom is -0.377 e. The van der Waals surface area contributed by atoms with E-state index in [0.717, 1.165) is 72.9 Å². The number of aryl methyl sites for hydroxylation is 2. The Kier molecular flexibility index (Phi) is 13.5. The van der Waals surface area contributed by atoms with Crippen molar-refractivity contribution in [2.75, 3.05) is 26.2 Å². The van der Waals surface area contributed by atoms with Crippen LogP contribution >= 0.6 is 0 Å². The van der Waals surface area contributed by atoms with Crippen LogP contribution in [-0.4, -0.2) is 56.7 Å². The molecule has 8 nitrogen and oxygen atoms in total. The van der Waals surface area contributed by atoms with E-state index in [1.54, 1.807) is 6.92 Å². The van der Waals surface area contributed by atoms with Crippen LogP contribution in [0.25, 0.3) is 17.3 Å². The van der Waals surface area contributed by atoms with Crippen LogP contribution in [0.15, 0.2) is 92.2 Å². The van der Waals surface area contributed by atoms with Crippen molar-refractivity contribution in [2.45, 2.75) is 59.5 Å². The van der Waals surface area contributed by atoms with Gasteiger partial charge in [-0.2, -0.15) is 5.26 Å². The smallest absolute Gasteiger partial charge is 0.0991 e. The summed E-state index contributed by atoms with van der Waals surface area (Å²) in [5, 5.41) is 19.1. The Bertz CT molecular complexity index is 1830. The highest BCUT2D eigenvalue weighted by Crippen LogP contribution is 2.44. The number of fused-ring (bicyclic) bond motifs is 2. The second-order valence-corrected chi connectivity index (χ2v) is 12.4. The van der Waals surface area contributed by atoms with E-state index in [0.29, 0.717) is 5.56 Å². The Morgan fingerprint density at radius 2 is 1.80 bits per heavy atom. The molecule has 0 radical (unpaired) electrons. The van der Waals surface area contributed by atoms with Gasteiger partial charge in [0, 0.05) is 50.8 Å². The summed E-state index contributed by atoms with van der Waals surface area (Å²) in [6, 6.07) is 20.9. The molecule has 2 aromatic heterocycles. The predicted molar refractivity (Wildman–Crippen MR) is 207 cm³/mol. The molecular weight excluding hydrogens is 617 g/mol. The van der Waals surface area contributed by atoms with Gasteiger partial charge in [0.25, 0.3) is 0 Å². The molecule has 1 aliphatic heterocycles. The number of nitrogens with one attached hydrogen (secondary N) is 2. The maximum atomic E-state index is 9.20. The van der Waals surface area contributed by atoms with Crippen molar-refractivity contribution in [1.82, 2.24) is 29.7 Å². The standard InChI is InChI=1S/C38H41N7.C2H5N.C2H6/c1-6-8-27(3)42-37(35-24-40-25-43(35)5)34-22-31-9-7-16-41-36(31)38(32-15-10-26(2)21-33(32)34)45-19-17-44(18-20-45)28(4)30-13-11-29(23-39)12-14-30;1-2-3;1-2/h7,9-16,21-22,24-25,37-38,42H,3-4,6,8,17-20H2,1-2,5H3;2-3H,1H3;1-2H3. The third kappa shape index (κ3) is 8.47. The van der Waals surface area contributed by atoms with Gasteiger partial charge in [-0.25, -0.2) is 4.98 Å². The normalized spacial score (nSPS) is 15.6. The van der Waals surface area contributed by atoms with E-state index in [2.05, 4.69) is 95.1 Å². The number of hydrogen-bond acceptors (Lipinski definition) is 7. The molecule has 1 aliphatic carbocycles. The first-order chi connectivity index (χ1) is 24.3. The molecule has 6 rings (SSSR count). The van der Waals surface area contributed by atoms with Crippen molar-refractivity contribution >= 4 is 23.6 Å². The molecule has 3 heterocycles. The van der Waals surface area contributed by atoms with Crippen molar-refractivity contribution in [3.8, 4) is 6.07 Å². The molecule has 8 heteroatoms. The number of piperazine rings is 1. The van der Waals surface area contributed by atoms with E-state index in [9.17, 15) is 5.26 Å². The maximum absolute atomic E-state index is 9.20. The van der Waals surface area contributed by atoms with Gasteiger partial charge in [-0.3, -0.25) is 9.88 Å². The van der Waals surface area contributed by atoms with E-state index >= 15 is 0 Å². The highest BCUT2D eigenvalue weighted by Gasteiger charge is 2.35. The van der Waals surface area contributed by atoms with Crippen molar-refractivity contribution in [3.05, 3.63) is 137 Å². The molecule has 1 fully saturated rings. The topological polar surface area (TPSA) is 96.9 Å².